The molecule has 0 atom stereocenters. The molecule has 158 valence electrons. The van der Waals surface area contributed by atoms with Gasteiger partial charge in [0.15, 0.2) is 0 Å². The zero-order chi connectivity index (χ0) is 21.5. The van der Waals surface area contributed by atoms with Crippen molar-refractivity contribution in [3.05, 3.63) is 59.8 Å². The molecule has 0 saturated heterocycles. The second-order valence-electron chi connectivity index (χ2n) is 8.32. The second kappa shape index (κ2) is 7.61. The maximum atomic E-state index is 11.6. The number of hydrogen-bond donors (Lipinski definition) is 1. The van der Waals surface area contributed by atoms with Gasteiger partial charge in [-0.15, -0.1) is 0 Å². The van der Waals surface area contributed by atoms with Crippen molar-refractivity contribution in [3.63, 3.8) is 0 Å². The Balaban J connectivity index is 1.61. The molecule has 0 unspecified atom stereocenters. The van der Waals surface area contributed by atoms with Crippen molar-refractivity contribution in [1.29, 1.82) is 0 Å². The van der Waals surface area contributed by atoms with Gasteiger partial charge in [0.1, 0.15) is 18.0 Å². The first-order valence-electron chi connectivity index (χ1n) is 10.6. The van der Waals surface area contributed by atoms with Gasteiger partial charge in [-0.25, -0.2) is 4.79 Å². The molecule has 0 radical (unpaired) electrons. The van der Waals surface area contributed by atoms with Crippen molar-refractivity contribution in [2.24, 2.45) is 10.9 Å². The number of fused-ring (bicyclic) bond motifs is 2. The van der Waals surface area contributed by atoms with Crippen molar-refractivity contribution in [3.8, 4) is 5.75 Å². The Morgan fingerprint density at radius 1 is 1.29 bits per heavy atom. The summed E-state index contributed by atoms with van der Waals surface area (Å²) in [5.74, 6) is 0.281. The summed E-state index contributed by atoms with van der Waals surface area (Å²) in [5, 5.41) is 10.7. The molecule has 2 aromatic carbocycles. The van der Waals surface area contributed by atoms with E-state index in [1.165, 1.54) is 18.4 Å². The maximum absolute atomic E-state index is 11.6. The number of carboxylic acid groups (broad SMARTS) is 1. The van der Waals surface area contributed by atoms with Crippen LogP contribution in [0.5, 0.6) is 5.75 Å². The number of benzene rings is 2. The number of carboxylic acids is 1. The molecule has 5 rings (SSSR count). The monoisotopic (exact) mass is 415 g/mol. The highest BCUT2D eigenvalue weighted by atomic mass is 16.5. The van der Waals surface area contributed by atoms with E-state index in [1.807, 2.05) is 19.3 Å². The number of anilines is 1. The minimum Gasteiger partial charge on any atom is -0.489 e. The van der Waals surface area contributed by atoms with Crippen LogP contribution in [0.2, 0.25) is 0 Å². The third-order valence-electron chi connectivity index (χ3n) is 6.04. The minimum absolute atomic E-state index is 0.176. The Hall–Kier alpha value is -3.54. The van der Waals surface area contributed by atoms with Crippen LogP contribution in [0.1, 0.15) is 34.5 Å². The van der Waals surface area contributed by atoms with Gasteiger partial charge in [-0.2, -0.15) is 0 Å². The van der Waals surface area contributed by atoms with E-state index in [4.69, 9.17) is 9.73 Å². The Labute approximate surface area is 181 Å². The lowest BCUT2D eigenvalue weighted by molar-refractivity contribution is 0.0696. The molecule has 0 amide bonds. The van der Waals surface area contributed by atoms with Crippen LogP contribution in [-0.4, -0.2) is 42.1 Å². The van der Waals surface area contributed by atoms with E-state index in [1.54, 1.807) is 12.1 Å². The van der Waals surface area contributed by atoms with E-state index >= 15 is 0 Å². The molecular weight excluding hydrogens is 390 g/mol. The van der Waals surface area contributed by atoms with E-state index in [2.05, 4.69) is 40.3 Å². The van der Waals surface area contributed by atoms with Gasteiger partial charge in [0.05, 0.1) is 29.7 Å². The van der Waals surface area contributed by atoms with Crippen LogP contribution in [-0.2, 0) is 6.54 Å². The Morgan fingerprint density at radius 2 is 2.13 bits per heavy atom. The molecule has 1 saturated carbocycles. The van der Waals surface area contributed by atoms with Crippen LogP contribution in [0, 0.1) is 5.92 Å². The lowest BCUT2D eigenvalue weighted by Gasteiger charge is -2.29. The Bertz CT molecular complexity index is 1220. The highest BCUT2D eigenvalue weighted by molar-refractivity contribution is 5.96. The molecule has 2 aliphatic rings. The molecule has 0 bridgehead atoms. The van der Waals surface area contributed by atoms with E-state index < -0.39 is 5.97 Å². The summed E-state index contributed by atoms with van der Waals surface area (Å²) >= 11 is 0. The fourth-order valence-electron chi connectivity index (χ4n) is 4.14. The lowest BCUT2D eigenvalue weighted by Crippen LogP contribution is -2.29. The average Bonchev–Trinajstić information content (AvgIpc) is 3.52. The fraction of sp³-hybridized carbons (Fsp3) is 0.280. The second-order valence-corrected chi connectivity index (χ2v) is 8.32. The predicted molar refractivity (Wildman–Crippen MR) is 124 cm³/mol. The molecule has 1 fully saturated rings. The van der Waals surface area contributed by atoms with Crippen molar-refractivity contribution < 1.29 is 14.6 Å². The standard InChI is InChI=1S/C25H25N3O3/c1-3-16-6-7-18-11-20(28(22(18)10-16)15-17-4-5-17)14-26-21-12-19(25(29)30)13-23-24(21)27(2)8-9-31-23/h3,6-7,10-14,17H,1,4-5,8-9,15H2,2H3,(H,29,30). The summed E-state index contributed by atoms with van der Waals surface area (Å²) < 4.78 is 8.06. The Morgan fingerprint density at radius 3 is 2.87 bits per heavy atom. The van der Waals surface area contributed by atoms with Crippen LogP contribution in [0.3, 0.4) is 0 Å². The number of ether oxygens (including phenoxy) is 1. The van der Waals surface area contributed by atoms with E-state index in [0.29, 0.717) is 24.0 Å². The average molecular weight is 415 g/mol. The van der Waals surface area contributed by atoms with Gasteiger partial charge in [-0.05, 0) is 48.6 Å². The van der Waals surface area contributed by atoms with E-state index in [9.17, 15) is 9.90 Å². The van der Waals surface area contributed by atoms with Crippen molar-refractivity contribution >= 4 is 40.5 Å². The lowest BCUT2D eigenvalue weighted by atomic mass is 10.1. The number of aromatic nitrogens is 1. The summed E-state index contributed by atoms with van der Waals surface area (Å²) in [7, 11) is 1.97. The first-order chi connectivity index (χ1) is 15.0. The molecule has 2 heterocycles. The normalized spacial score (nSPS) is 15.8. The summed E-state index contributed by atoms with van der Waals surface area (Å²) in [4.78, 5) is 18.4. The van der Waals surface area contributed by atoms with Gasteiger partial charge in [0.2, 0.25) is 0 Å². The smallest absolute Gasteiger partial charge is 0.335 e. The highest BCUT2D eigenvalue weighted by Gasteiger charge is 2.24. The van der Waals surface area contributed by atoms with Crippen LogP contribution in [0.25, 0.3) is 17.0 Å². The number of rotatable bonds is 6. The number of hydrogen-bond acceptors (Lipinski definition) is 4. The third-order valence-corrected chi connectivity index (χ3v) is 6.04. The predicted octanol–water partition coefficient (Wildman–Crippen LogP) is 4.97. The van der Waals surface area contributed by atoms with Gasteiger partial charge in [0, 0.05) is 24.5 Å². The maximum Gasteiger partial charge on any atom is 0.335 e. The molecule has 6 nitrogen and oxygen atoms in total. The third kappa shape index (κ3) is 3.69. The highest BCUT2D eigenvalue weighted by Crippen LogP contribution is 2.41. The van der Waals surface area contributed by atoms with Gasteiger partial charge in [-0.1, -0.05) is 24.8 Å². The van der Waals surface area contributed by atoms with E-state index in [-0.39, 0.29) is 5.56 Å². The number of likely N-dealkylation sites (N-methyl/N-ethyl adjacent to an activating group) is 1. The Kier molecular flexibility index (Phi) is 4.77. The fourth-order valence-corrected chi connectivity index (χ4v) is 4.14. The van der Waals surface area contributed by atoms with Crippen molar-refractivity contribution in [2.75, 3.05) is 25.1 Å². The van der Waals surface area contributed by atoms with Gasteiger partial charge in [-0.3, -0.25) is 4.99 Å². The summed E-state index contributed by atoms with van der Waals surface area (Å²) in [6.45, 7) is 6.11. The van der Waals surface area contributed by atoms with Crippen LogP contribution < -0.4 is 9.64 Å². The van der Waals surface area contributed by atoms with Gasteiger partial charge < -0.3 is 19.3 Å². The number of aliphatic imine (C=N–C) groups is 1. The van der Waals surface area contributed by atoms with Crippen molar-refractivity contribution in [1.82, 2.24) is 4.57 Å². The largest absolute Gasteiger partial charge is 0.489 e. The summed E-state index contributed by atoms with van der Waals surface area (Å²) in [6, 6.07) is 11.7. The molecule has 1 aromatic heterocycles. The minimum atomic E-state index is -0.990. The van der Waals surface area contributed by atoms with Gasteiger partial charge >= 0.3 is 5.97 Å². The molecule has 3 aromatic rings. The van der Waals surface area contributed by atoms with E-state index in [0.717, 1.165) is 35.4 Å². The van der Waals surface area contributed by atoms with Crippen LogP contribution in [0.4, 0.5) is 11.4 Å². The number of carbonyl (C=O) groups is 1. The molecule has 1 aliphatic carbocycles. The van der Waals surface area contributed by atoms with Crippen LogP contribution in [0.15, 0.2) is 48.0 Å². The molecule has 0 spiro atoms. The number of aromatic carboxylic acids is 1. The van der Waals surface area contributed by atoms with Gasteiger partial charge in [0.25, 0.3) is 0 Å². The first-order valence-corrected chi connectivity index (χ1v) is 10.6. The topological polar surface area (TPSA) is 67.1 Å². The molecule has 1 aliphatic heterocycles. The quantitative estimate of drug-likeness (QED) is 0.577. The summed E-state index contributed by atoms with van der Waals surface area (Å²) in [5.41, 5.74) is 4.88. The molecule has 31 heavy (non-hydrogen) atoms. The summed E-state index contributed by atoms with van der Waals surface area (Å²) in [6.07, 6.45) is 6.22. The number of nitrogens with zero attached hydrogens (tertiary/aromatic N) is 3. The van der Waals surface area contributed by atoms with Crippen molar-refractivity contribution in [2.45, 2.75) is 19.4 Å². The zero-order valence-corrected chi connectivity index (χ0v) is 17.5. The first kappa shape index (κ1) is 19.4. The van der Waals surface area contributed by atoms with Crippen LogP contribution >= 0.6 is 0 Å². The molecule has 1 N–H and O–H groups in total. The SMILES string of the molecule is C=Cc1ccc2cc(C=Nc3cc(C(=O)O)cc4c3N(C)CCO4)n(CC3CC3)c2c1. The molecule has 6 heteroatoms. The molecular formula is C25H25N3O3. The zero-order valence-electron chi connectivity index (χ0n) is 17.5.